The Kier molecular flexibility index (Phi) is 2.20. The maximum absolute atomic E-state index is 9.40. The van der Waals surface area contributed by atoms with Crippen LogP contribution in [0.1, 0.15) is 19.8 Å². The van der Waals surface area contributed by atoms with Crippen LogP contribution in [0.25, 0.3) is 0 Å². The average Bonchev–Trinajstić information content (AvgIpc) is 1.81. The summed E-state index contributed by atoms with van der Waals surface area (Å²) in [7, 11) is 0. The zero-order chi connectivity index (χ0) is 8.65. The Morgan fingerprint density at radius 2 is 1.45 bits per heavy atom. The molecule has 1 rings (SSSR count). The lowest BCUT2D eigenvalue weighted by atomic mass is 9.81. The van der Waals surface area contributed by atoms with E-state index < -0.39 is 23.9 Å². The molecular weight excluding hydrogens is 148 g/mol. The highest BCUT2D eigenvalue weighted by atomic mass is 16.4. The fraction of sp³-hybridized carbons (Fsp3) is 1.00. The van der Waals surface area contributed by atoms with Gasteiger partial charge in [0.2, 0.25) is 0 Å². The first-order valence-electron chi connectivity index (χ1n) is 3.69. The van der Waals surface area contributed by atoms with Crippen molar-refractivity contribution in [2.24, 2.45) is 0 Å². The second-order valence-corrected chi connectivity index (χ2v) is 3.53. The van der Waals surface area contributed by atoms with Crippen LogP contribution in [0, 0.1) is 0 Å². The highest BCUT2D eigenvalue weighted by molar-refractivity contribution is 4.92. The average molecular weight is 162 g/mol. The van der Waals surface area contributed by atoms with E-state index in [1.54, 1.807) is 0 Å². The van der Waals surface area contributed by atoms with Gasteiger partial charge >= 0.3 is 0 Å². The van der Waals surface area contributed by atoms with Gasteiger partial charge in [-0.2, -0.15) is 0 Å². The lowest BCUT2D eigenvalue weighted by Gasteiger charge is -2.37. The van der Waals surface area contributed by atoms with Crippen LogP contribution in [-0.4, -0.2) is 44.3 Å². The highest BCUT2D eigenvalue weighted by Gasteiger charge is 2.40. The van der Waals surface area contributed by atoms with Crippen molar-refractivity contribution < 1.29 is 20.4 Å². The maximum Gasteiger partial charge on any atom is 0.106 e. The SMILES string of the molecule is C[C@]1(O)C[C@@H](O)[C@@H](O)[C@H](O)C1. The normalized spacial score (nSPS) is 52.6. The topological polar surface area (TPSA) is 80.9 Å². The Labute approximate surface area is 65.1 Å². The summed E-state index contributed by atoms with van der Waals surface area (Å²) in [6.07, 6.45) is -2.92. The minimum atomic E-state index is -1.12. The summed E-state index contributed by atoms with van der Waals surface area (Å²) in [6.45, 7) is 1.53. The lowest BCUT2D eigenvalue weighted by Crippen LogP contribution is -2.51. The molecule has 66 valence electrons. The molecule has 1 aliphatic rings. The molecule has 0 bridgehead atoms. The van der Waals surface area contributed by atoms with Crippen molar-refractivity contribution in [1.29, 1.82) is 0 Å². The van der Waals surface area contributed by atoms with E-state index in [9.17, 15) is 5.11 Å². The molecule has 4 heteroatoms. The molecule has 0 saturated heterocycles. The van der Waals surface area contributed by atoms with E-state index in [2.05, 4.69) is 0 Å². The van der Waals surface area contributed by atoms with Crippen LogP contribution in [0.15, 0.2) is 0 Å². The molecule has 0 aliphatic heterocycles. The number of aliphatic hydroxyl groups excluding tert-OH is 3. The van der Waals surface area contributed by atoms with Crippen molar-refractivity contribution in [3.8, 4) is 0 Å². The van der Waals surface area contributed by atoms with E-state index in [1.165, 1.54) is 6.92 Å². The van der Waals surface area contributed by atoms with Crippen molar-refractivity contribution in [3.63, 3.8) is 0 Å². The zero-order valence-corrected chi connectivity index (χ0v) is 6.44. The molecular formula is C7H14O4. The third kappa shape index (κ3) is 1.90. The van der Waals surface area contributed by atoms with Gasteiger partial charge in [-0.15, -0.1) is 0 Å². The minimum absolute atomic E-state index is 0.116. The van der Waals surface area contributed by atoms with Gasteiger partial charge in [-0.3, -0.25) is 0 Å². The lowest BCUT2D eigenvalue weighted by molar-refractivity contribution is -0.147. The molecule has 0 amide bonds. The Morgan fingerprint density at radius 3 is 1.82 bits per heavy atom. The van der Waals surface area contributed by atoms with Gasteiger partial charge in [-0.25, -0.2) is 0 Å². The van der Waals surface area contributed by atoms with Gasteiger partial charge < -0.3 is 20.4 Å². The number of hydrogen-bond acceptors (Lipinski definition) is 4. The third-order valence-electron chi connectivity index (χ3n) is 2.09. The van der Waals surface area contributed by atoms with Crippen LogP contribution >= 0.6 is 0 Å². The van der Waals surface area contributed by atoms with Crippen LogP contribution in [0.3, 0.4) is 0 Å². The van der Waals surface area contributed by atoms with Crippen LogP contribution in [0.5, 0.6) is 0 Å². The van der Waals surface area contributed by atoms with E-state index in [1.807, 2.05) is 0 Å². The van der Waals surface area contributed by atoms with Gasteiger partial charge in [0.25, 0.3) is 0 Å². The summed E-state index contributed by atoms with van der Waals surface area (Å²) in [5, 5.41) is 36.7. The molecule has 0 radical (unpaired) electrons. The number of aliphatic hydroxyl groups is 4. The van der Waals surface area contributed by atoms with Gasteiger partial charge in [0, 0.05) is 12.8 Å². The first kappa shape index (κ1) is 8.93. The molecule has 0 heterocycles. The molecule has 0 unspecified atom stereocenters. The summed E-state index contributed by atoms with van der Waals surface area (Å²) < 4.78 is 0. The molecule has 1 aliphatic carbocycles. The summed E-state index contributed by atoms with van der Waals surface area (Å²) in [6, 6.07) is 0. The molecule has 11 heavy (non-hydrogen) atoms. The molecule has 4 nitrogen and oxygen atoms in total. The number of rotatable bonds is 0. The largest absolute Gasteiger partial charge is 0.390 e. The summed E-state index contributed by atoms with van der Waals surface area (Å²) in [4.78, 5) is 0. The van der Waals surface area contributed by atoms with E-state index in [0.29, 0.717) is 0 Å². The fourth-order valence-electron chi connectivity index (χ4n) is 1.48. The van der Waals surface area contributed by atoms with Crippen molar-refractivity contribution in [1.82, 2.24) is 0 Å². The Hall–Kier alpha value is -0.160. The van der Waals surface area contributed by atoms with Crippen molar-refractivity contribution in [2.45, 2.75) is 43.7 Å². The Bertz CT molecular complexity index is 131. The molecule has 0 spiro atoms. The van der Waals surface area contributed by atoms with Crippen molar-refractivity contribution >= 4 is 0 Å². The molecule has 4 N–H and O–H groups in total. The maximum atomic E-state index is 9.40. The Balaban J connectivity index is 2.62. The predicted molar refractivity (Wildman–Crippen MR) is 37.9 cm³/mol. The third-order valence-corrected chi connectivity index (χ3v) is 2.09. The van der Waals surface area contributed by atoms with E-state index in [0.717, 1.165) is 0 Å². The van der Waals surface area contributed by atoms with E-state index >= 15 is 0 Å². The van der Waals surface area contributed by atoms with Gasteiger partial charge in [0.15, 0.2) is 0 Å². The summed E-state index contributed by atoms with van der Waals surface area (Å²) >= 11 is 0. The zero-order valence-electron chi connectivity index (χ0n) is 6.44. The van der Waals surface area contributed by atoms with Crippen LogP contribution in [-0.2, 0) is 0 Å². The van der Waals surface area contributed by atoms with Crippen LogP contribution in [0.2, 0.25) is 0 Å². The van der Waals surface area contributed by atoms with Crippen molar-refractivity contribution in [2.75, 3.05) is 0 Å². The quantitative estimate of drug-likeness (QED) is 0.353. The van der Waals surface area contributed by atoms with Gasteiger partial charge in [-0.1, -0.05) is 0 Å². The standard InChI is InChI=1S/C7H14O4/c1-7(11)2-4(8)6(10)5(9)3-7/h4-6,8-11H,2-3H2,1H3/t4-,5-,6-,7+/m1/s1. The second kappa shape index (κ2) is 2.71. The predicted octanol–water partition coefficient (Wildman–Crippen LogP) is -1.39. The molecule has 0 aromatic carbocycles. The van der Waals surface area contributed by atoms with Crippen LogP contribution in [0.4, 0.5) is 0 Å². The first-order valence-corrected chi connectivity index (χ1v) is 3.69. The molecule has 0 aromatic rings. The van der Waals surface area contributed by atoms with Crippen LogP contribution < -0.4 is 0 Å². The Morgan fingerprint density at radius 1 is 1.09 bits per heavy atom. The second-order valence-electron chi connectivity index (χ2n) is 3.53. The smallest absolute Gasteiger partial charge is 0.106 e. The fourth-order valence-corrected chi connectivity index (χ4v) is 1.48. The molecule has 0 aromatic heterocycles. The first-order chi connectivity index (χ1) is 4.92. The van der Waals surface area contributed by atoms with Gasteiger partial charge in [0.05, 0.1) is 17.8 Å². The summed E-state index contributed by atoms with van der Waals surface area (Å²) in [5.74, 6) is 0. The molecule has 1 fully saturated rings. The summed E-state index contributed by atoms with van der Waals surface area (Å²) in [5.41, 5.74) is -1.06. The highest BCUT2D eigenvalue weighted by Crippen LogP contribution is 2.28. The monoisotopic (exact) mass is 162 g/mol. The van der Waals surface area contributed by atoms with E-state index in [4.69, 9.17) is 15.3 Å². The minimum Gasteiger partial charge on any atom is -0.390 e. The number of hydrogen-bond donors (Lipinski definition) is 4. The molecule has 2 atom stereocenters. The van der Waals surface area contributed by atoms with E-state index in [-0.39, 0.29) is 12.8 Å². The van der Waals surface area contributed by atoms with Gasteiger partial charge in [0.1, 0.15) is 6.10 Å². The van der Waals surface area contributed by atoms with Crippen molar-refractivity contribution in [3.05, 3.63) is 0 Å². The molecule has 1 saturated carbocycles. The van der Waals surface area contributed by atoms with Gasteiger partial charge in [-0.05, 0) is 6.92 Å².